The summed E-state index contributed by atoms with van der Waals surface area (Å²) in [7, 11) is 0. The van der Waals surface area contributed by atoms with Crippen LogP contribution < -0.4 is 26.6 Å². The minimum Gasteiger partial charge on any atom is -0.652 e. The average molecular weight is 381 g/mol. The van der Waals surface area contributed by atoms with Crippen molar-refractivity contribution in [3.05, 3.63) is 0 Å². The van der Waals surface area contributed by atoms with Gasteiger partial charge in [0.2, 0.25) is 0 Å². The Hall–Kier alpha value is -0.513. The van der Waals surface area contributed by atoms with Crippen LogP contribution in [0.3, 0.4) is 0 Å². The molecular formula is C2H3NO6Pu. The molecule has 0 aromatic carbocycles. The van der Waals surface area contributed by atoms with E-state index in [1.807, 2.05) is 0 Å². The summed E-state index contributed by atoms with van der Waals surface area (Å²) in [5, 5.41) is 33.3. The second kappa shape index (κ2) is 15.8. The maximum absolute atomic E-state index is 8.33. The van der Waals surface area contributed by atoms with Gasteiger partial charge in [0.15, 0.2) is 0 Å². The summed E-state index contributed by atoms with van der Waals surface area (Å²) in [6.07, 6.45) is -4.67. The number of carbonyl (C=O) groups is 2. The van der Waals surface area contributed by atoms with Crippen molar-refractivity contribution in [1.82, 2.24) is 6.15 Å². The van der Waals surface area contributed by atoms with Crippen LogP contribution >= 0.6 is 0 Å². The zero-order chi connectivity index (χ0) is 7.15. The normalized spacial score (nSPS) is 4.80. The molecule has 0 aromatic rings. The molecule has 7 nitrogen and oxygen atoms in total. The smallest absolute Gasteiger partial charge is 0.652 e. The van der Waals surface area contributed by atoms with E-state index in [9.17, 15) is 0 Å². The van der Waals surface area contributed by atoms with Crippen molar-refractivity contribution in [1.29, 1.82) is 0 Å². The molecule has 0 atom stereocenters. The summed E-state index contributed by atoms with van der Waals surface area (Å²) < 4.78 is 0. The van der Waals surface area contributed by atoms with Gasteiger partial charge in [-0.1, -0.05) is 0 Å². The van der Waals surface area contributed by atoms with Gasteiger partial charge in [0.25, 0.3) is 0 Å². The molecule has 0 bridgehead atoms. The molecule has 58 valence electrons. The summed E-state index contributed by atoms with van der Waals surface area (Å²) in [6, 6.07) is 0. The van der Waals surface area contributed by atoms with E-state index in [-0.39, 0.29) is 35.3 Å². The number of hydrogen-bond acceptors (Lipinski definition) is 7. The van der Waals surface area contributed by atoms with Gasteiger partial charge in [0, 0.05) is 0 Å². The van der Waals surface area contributed by atoms with Gasteiger partial charge in [0.05, 0.1) is 0 Å². The van der Waals surface area contributed by atoms with Crippen LogP contribution in [0.2, 0.25) is 0 Å². The Morgan fingerprint density at radius 2 is 0.800 bits per heavy atom. The van der Waals surface area contributed by atoms with Crippen molar-refractivity contribution in [3.8, 4) is 0 Å². The molecule has 10 heavy (non-hydrogen) atoms. The van der Waals surface area contributed by atoms with Crippen molar-refractivity contribution in [2.45, 2.75) is 0 Å². The Morgan fingerprint density at radius 3 is 0.800 bits per heavy atom. The quantitative estimate of drug-likeness (QED) is 0.441. The zero-order valence-electron chi connectivity index (χ0n) is 4.56. The van der Waals surface area contributed by atoms with Gasteiger partial charge in [-0.3, -0.25) is 0 Å². The van der Waals surface area contributed by atoms with Crippen LogP contribution in [0.4, 0.5) is 9.59 Å². The van der Waals surface area contributed by atoms with Crippen molar-refractivity contribution >= 4 is 12.3 Å². The summed E-state index contributed by atoms with van der Waals surface area (Å²) in [5.41, 5.74) is 0. The molecule has 0 saturated heterocycles. The van der Waals surface area contributed by atoms with Crippen LogP contribution in [0, 0.1) is 29.2 Å². The fourth-order valence-electron chi connectivity index (χ4n) is 0. The first-order valence-electron chi connectivity index (χ1n) is 1.22. The van der Waals surface area contributed by atoms with E-state index in [1.165, 1.54) is 0 Å². The summed E-state index contributed by atoms with van der Waals surface area (Å²) in [4.78, 5) is 16.7. The minimum absolute atomic E-state index is 0. The molecule has 0 aliphatic rings. The predicted octanol–water partition coefficient (Wildman–Crippen LogP) is -4.73. The van der Waals surface area contributed by atoms with E-state index < -0.39 is 12.3 Å². The average Bonchev–Trinajstić information content (AvgIpc) is 1.25. The first kappa shape index (κ1) is 22.7. The van der Waals surface area contributed by atoms with Crippen molar-refractivity contribution in [2.24, 2.45) is 0 Å². The summed E-state index contributed by atoms with van der Waals surface area (Å²) in [6.45, 7) is 0. The van der Waals surface area contributed by atoms with E-state index in [0.717, 1.165) is 0 Å². The Labute approximate surface area is 77.8 Å². The third kappa shape index (κ3) is 1200. The van der Waals surface area contributed by atoms with Crippen LogP contribution in [-0.4, -0.2) is 12.3 Å². The van der Waals surface area contributed by atoms with Gasteiger partial charge in [-0.25, -0.2) is 0 Å². The topological polar surface area (TPSA) is 161 Å². The van der Waals surface area contributed by atoms with Gasteiger partial charge in [0.1, 0.15) is 0 Å². The Morgan fingerprint density at radius 1 is 0.800 bits per heavy atom. The van der Waals surface area contributed by atoms with Crippen molar-refractivity contribution in [3.63, 3.8) is 0 Å². The van der Waals surface area contributed by atoms with Gasteiger partial charge in [-0.15, -0.1) is 0 Å². The molecule has 0 rings (SSSR count). The number of carboxylic acid groups (broad SMARTS) is 4. The predicted molar refractivity (Wildman–Crippen MR) is 15.8 cm³/mol. The second-order valence-electron chi connectivity index (χ2n) is 0.500. The molecule has 0 aromatic heterocycles. The molecular weight excluding hydrogens is 378 g/mol. The Bertz CT molecular complexity index is 73.7. The fraction of sp³-hybridized carbons (Fsp3) is 0. The molecule has 0 heterocycles. The zero-order valence-corrected chi connectivity index (χ0v) is 7.96. The third-order valence-corrected chi connectivity index (χ3v) is 0. The first-order chi connectivity index (χ1) is 3.46. The van der Waals surface area contributed by atoms with Gasteiger partial charge in [-0.2, -0.15) is 0 Å². The maximum Gasteiger partial charge on any atom is 4.00 e. The van der Waals surface area contributed by atoms with E-state index in [1.54, 1.807) is 0 Å². The molecule has 0 unspecified atom stereocenters. The van der Waals surface area contributed by atoms with E-state index in [0.29, 0.717) is 0 Å². The van der Waals surface area contributed by atoms with Crippen LogP contribution in [0.25, 0.3) is 0 Å². The largest absolute Gasteiger partial charge is 4.00 e. The number of rotatable bonds is 0. The molecule has 3 N–H and O–H groups in total. The van der Waals surface area contributed by atoms with Gasteiger partial charge in [-0.05, 0) is 12.3 Å². The van der Waals surface area contributed by atoms with Crippen LogP contribution in [0.15, 0.2) is 0 Å². The standard InChI is InChI=1S/2CH2O3.H3N.Pu/c2*2-1(3)4;;/h2*(H2,2,3,4);1H3;/q;;;+4/p-4. The molecule has 0 saturated carbocycles. The van der Waals surface area contributed by atoms with Crippen LogP contribution in [-0.2, 0) is 0 Å². The Balaban J connectivity index is -0.0000000300. The van der Waals surface area contributed by atoms with E-state index in [2.05, 4.69) is 0 Å². The molecule has 0 amide bonds. The molecule has 0 aliphatic heterocycles. The molecule has 0 radical (unpaired) electrons. The van der Waals surface area contributed by atoms with Crippen LogP contribution in [0.1, 0.15) is 0 Å². The molecule has 0 fully saturated rings. The minimum atomic E-state index is -2.33. The van der Waals surface area contributed by atoms with Gasteiger partial charge >= 0.3 is 29.2 Å². The third-order valence-electron chi connectivity index (χ3n) is 0. The molecule has 0 spiro atoms. The number of hydrogen-bond donors (Lipinski definition) is 1. The van der Waals surface area contributed by atoms with Crippen LogP contribution in [0.5, 0.6) is 0 Å². The van der Waals surface area contributed by atoms with Crippen molar-refractivity contribution in [2.75, 3.05) is 0 Å². The Kier molecular flexibility index (Phi) is 35.9. The molecule has 8 heteroatoms. The van der Waals surface area contributed by atoms with Gasteiger partial charge < -0.3 is 36.2 Å². The van der Waals surface area contributed by atoms with Crippen molar-refractivity contribution < 1.29 is 59.2 Å². The SMILES string of the molecule is N.O=C([O-])[O-].O=C([O-])[O-].[Pu+4]. The second-order valence-corrected chi connectivity index (χ2v) is 0.500. The molecule has 0 aliphatic carbocycles. The summed E-state index contributed by atoms with van der Waals surface area (Å²) >= 11 is 0. The fourth-order valence-corrected chi connectivity index (χ4v) is 0. The monoisotopic (exact) mass is 375 g/mol. The summed E-state index contributed by atoms with van der Waals surface area (Å²) in [5.74, 6) is 0. The first-order valence-corrected chi connectivity index (χ1v) is 1.22. The number of carbonyl (C=O) groups excluding carboxylic acids is 2. The maximum atomic E-state index is 8.33. The van der Waals surface area contributed by atoms with E-state index in [4.69, 9.17) is 30.0 Å². The van der Waals surface area contributed by atoms with E-state index >= 15 is 0 Å².